The second kappa shape index (κ2) is 6.04. The van der Waals surface area contributed by atoms with Crippen molar-refractivity contribution in [1.29, 1.82) is 0 Å². The molecular weight excluding hydrogens is 316 g/mol. The van der Waals surface area contributed by atoms with Gasteiger partial charge in [0.2, 0.25) is 0 Å². The van der Waals surface area contributed by atoms with Crippen molar-refractivity contribution >= 4 is 33.3 Å². The fourth-order valence-corrected chi connectivity index (χ4v) is 3.33. The van der Waals surface area contributed by atoms with E-state index in [4.69, 9.17) is 4.74 Å². The third kappa shape index (κ3) is 3.24. The quantitative estimate of drug-likeness (QED) is 0.904. The van der Waals surface area contributed by atoms with Crippen molar-refractivity contribution in [3.05, 3.63) is 20.8 Å². The molecule has 1 aromatic rings. The van der Waals surface area contributed by atoms with Crippen LogP contribution in [-0.2, 0) is 11.3 Å². The number of hydrogen-bond donors (Lipinski definition) is 1. The first-order valence-corrected chi connectivity index (χ1v) is 7.63. The van der Waals surface area contributed by atoms with Gasteiger partial charge in [0, 0.05) is 15.9 Å². The molecule has 4 nitrogen and oxygen atoms in total. The van der Waals surface area contributed by atoms with E-state index in [0.29, 0.717) is 19.7 Å². The molecule has 0 saturated carbocycles. The van der Waals surface area contributed by atoms with Gasteiger partial charge in [-0.15, -0.1) is 11.3 Å². The van der Waals surface area contributed by atoms with Crippen LogP contribution >= 0.6 is 27.3 Å². The standard InChI is InChI=1S/C12H17BrN2O2S/c1-8-7-17-9(2)6-15(8)12(16)14-5-11-10(13)3-4-18-11/h3-4,8-9H,5-7H2,1-2H3,(H,14,16). The second-order valence-corrected chi connectivity index (χ2v) is 6.35. The summed E-state index contributed by atoms with van der Waals surface area (Å²) in [5.74, 6) is 0. The Labute approximate surface area is 119 Å². The van der Waals surface area contributed by atoms with Gasteiger partial charge >= 0.3 is 6.03 Å². The van der Waals surface area contributed by atoms with Gasteiger partial charge in [0.15, 0.2) is 0 Å². The molecule has 1 fully saturated rings. The number of carbonyl (C=O) groups excluding carboxylic acids is 1. The number of ether oxygens (including phenoxy) is 1. The number of thiophene rings is 1. The molecule has 2 unspecified atom stereocenters. The number of nitrogens with one attached hydrogen (secondary N) is 1. The summed E-state index contributed by atoms with van der Waals surface area (Å²) in [7, 11) is 0. The summed E-state index contributed by atoms with van der Waals surface area (Å²) >= 11 is 5.09. The normalized spacial score (nSPS) is 24.1. The van der Waals surface area contributed by atoms with Crippen LogP contribution in [0.3, 0.4) is 0 Å². The van der Waals surface area contributed by atoms with Crippen molar-refractivity contribution in [1.82, 2.24) is 10.2 Å². The summed E-state index contributed by atoms with van der Waals surface area (Å²) in [6, 6.07) is 2.11. The topological polar surface area (TPSA) is 41.6 Å². The van der Waals surface area contributed by atoms with E-state index in [-0.39, 0.29) is 18.2 Å². The Bertz CT molecular complexity index is 424. The van der Waals surface area contributed by atoms with Gasteiger partial charge in [-0.2, -0.15) is 0 Å². The number of nitrogens with zero attached hydrogens (tertiary/aromatic N) is 1. The second-order valence-electron chi connectivity index (χ2n) is 4.50. The van der Waals surface area contributed by atoms with Crippen molar-refractivity contribution in [2.45, 2.75) is 32.5 Å². The minimum Gasteiger partial charge on any atom is -0.375 e. The Morgan fingerprint density at radius 2 is 2.44 bits per heavy atom. The molecule has 2 heterocycles. The molecule has 2 amide bonds. The predicted octanol–water partition coefficient (Wildman–Crippen LogP) is 2.83. The van der Waals surface area contributed by atoms with Gasteiger partial charge in [0.25, 0.3) is 0 Å². The molecule has 6 heteroatoms. The van der Waals surface area contributed by atoms with Crippen molar-refractivity contribution in [3.8, 4) is 0 Å². The SMILES string of the molecule is CC1CN(C(=O)NCc2sccc2Br)C(C)CO1. The maximum absolute atomic E-state index is 12.1. The molecule has 100 valence electrons. The van der Waals surface area contributed by atoms with E-state index in [1.807, 2.05) is 30.2 Å². The zero-order valence-electron chi connectivity index (χ0n) is 10.5. The molecular formula is C12H17BrN2O2S. The average Bonchev–Trinajstić information content (AvgIpc) is 2.75. The van der Waals surface area contributed by atoms with Crippen LogP contribution in [0.15, 0.2) is 15.9 Å². The lowest BCUT2D eigenvalue weighted by molar-refractivity contribution is -0.0318. The van der Waals surface area contributed by atoms with Gasteiger partial charge in [-0.3, -0.25) is 0 Å². The fraction of sp³-hybridized carbons (Fsp3) is 0.583. The Hall–Kier alpha value is -0.590. The maximum Gasteiger partial charge on any atom is 0.318 e. The summed E-state index contributed by atoms with van der Waals surface area (Å²) in [5, 5.41) is 4.96. The molecule has 0 aromatic carbocycles. The van der Waals surface area contributed by atoms with Crippen LogP contribution in [0.4, 0.5) is 4.79 Å². The van der Waals surface area contributed by atoms with E-state index in [9.17, 15) is 4.79 Å². The van der Waals surface area contributed by atoms with E-state index >= 15 is 0 Å². The smallest absolute Gasteiger partial charge is 0.318 e. The van der Waals surface area contributed by atoms with Crippen molar-refractivity contribution < 1.29 is 9.53 Å². The van der Waals surface area contributed by atoms with Crippen LogP contribution in [0.2, 0.25) is 0 Å². The lowest BCUT2D eigenvalue weighted by Gasteiger charge is -2.36. The number of amides is 2. The molecule has 0 bridgehead atoms. The summed E-state index contributed by atoms with van der Waals surface area (Å²) in [5.41, 5.74) is 0. The molecule has 1 saturated heterocycles. The number of hydrogen-bond acceptors (Lipinski definition) is 3. The van der Waals surface area contributed by atoms with Gasteiger partial charge < -0.3 is 15.0 Å². The van der Waals surface area contributed by atoms with Gasteiger partial charge in [0.1, 0.15) is 0 Å². The molecule has 1 aromatic heterocycles. The van der Waals surface area contributed by atoms with Gasteiger partial charge in [-0.25, -0.2) is 4.79 Å². The predicted molar refractivity (Wildman–Crippen MR) is 75.8 cm³/mol. The lowest BCUT2D eigenvalue weighted by atomic mass is 10.2. The number of urea groups is 1. The molecule has 0 spiro atoms. The van der Waals surface area contributed by atoms with Crippen LogP contribution < -0.4 is 5.32 Å². The molecule has 1 aliphatic rings. The molecule has 0 aliphatic carbocycles. The fourth-order valence-electron chi connectivity index (χ4n) is 1.89. The maximum atomic E-state index is 12.1. The Morgan fingerprint density at radius 1 is 1.67 bits per heavy atom. The monoisotopic (exact) mass is 332 g/mol. The summed E-state index contributed by atoms with van der Waals surface area (Å²) < 4.78 is 6.56. The summed E-state index contributed by atoms with van der Waals surface area (Å²) in [4.78, 5) is 15.1. The highest BCUT2D eigenvalue weighted by atomic mass is 79.9. The number of rotatable bonds is 2. The first-order chi connectivity index (χ1) is 8.58. The van der Waals surface area contributed by atoms with Crippen LogP contribution in [0.25, 0.3) is 0 Å². The number of morpholine rings is 1. The average molecular weight is 333 g/mol. The van der Waals surface area contributed by atoms with E-state index in [2.05, 4.69) is 21.2 Å². The van der Waals surface area contributed by atoms with E-state index in [0.717, 1.165) is 9.35 Å². The van der Waals surface area contributed by atoms with E-state index in [1.54, 1.807) is 11.3 Å². The molecule has 0 radical (unpaired) electrons. The zero-order valence-corrected chi connectivity index (χ0v) is 12.9. The minimum absolute atomic E-state index is 0.0158. The van der Waals surface area contributed by atoms with E-state index < -0.39 is 0 Å². The molecule has 18 heavy (non-hydrogen) atoms. The van der Waals surface area contributed by atoms with E-state index in [1.165, 1.54) is 0 Å². The first-order valence-electron chi connectivity index (χ1n) is 5.96. The molecule has 1 aliphatic heterocycles. The number of carbonyl (C=O) groups is 1. The van der Waals surface area contributed by atoms with Crippen LogP contribution in [0.5, 0.6) is 0 Å². The molecule has 1 N–H and O–H groups in total. The molecule has 2 rings (SSSR count). The van der Waals surface area contributed by atoms with Gasteiger partial charge in [0.05, 0.1) is 25.3 Å². The van der Waals surface area contributed by atoms with Gasteiger partial charge in [-0.1, -0.05) is 0 Å². The highest BCUT2D eigenvalue weighted by Crippen LogP contribution is 2.22. The largest absolute Gasteiger partial charge is 0.375 e. The van der Waals surface area contributed by atoms with Crippen molar-refractivity contribution in [2.24, 2.45) is 0 Å². The zero-order chi connectivity index (χ0) is 13.1. The Kier molecular flexibility index (Phi) is 4.64. The first kappa shape index (κ1) is 13.8. The highest BCUT2D eigenvalue weighted by molar-refractivity contribution is 9.10. The lowest BCUT2D eigenvalue weighted by Crippen LogP contribution is -2.53. The third-order valence-electron chi connectivity index (χ3n) is 2.96. The van der Waals surface area contributed by atoms with Crippen LogP contribution in [0, 0.1) is 0 Å². The molecule has 2 atom stereocenters. The van der Waals surface area contributed by atoms with Crippen molar-refractivity contribution in [3.63, 3.8) is 0 Å². The van der Waals surface area contributed by atoms with Crippen LogP contribution in [0.1, 0.15) is 18.7 Å². The van der Waals surface area contributed by atoms with Gasteiger partial charge in [-0.05, 0) is 41.2 Å². The minimum atomic E-state index is -0.0158. The highest BCUT2D eigenvalue weighted by Gasteiger charge is 2.27. The Morgan fingerprint density at radius 3 is 3.11 bits per heavy atom. The summed E-state index contributed by atoms with van der Waals surface area (Å²) in [6.45, 7) is 5.82. The number of halogens is 1. The Balaban J connectivity index is 1.89. The van der Waals surface area contributed by atoms with Crippen LogP contribution in [-0.4, -0.2) is 36.2 Å². The van der Waals surface area contributed by atoms with Crippen molar-refractivity contribution in [2.75, 3.05) is 13.2 Å². The third-order valence-corrected chi connectivity index (χ3v) is 4.89. The summed E-state index contributed by atoms with van der Waals surface area (Å²) in [6.07, 6.45) is 0.112.